The van der Waals surface area contributed by atoms with Crippen molar-refractivity contribution in [3.05, 3.63) is 0 Å². The van der Waals surface area contributed by atoms with Gasteiger partial charge in [-0.15, -0.1) is 0 Å². The van der Waals surface area contributed by atoms with Crippen LogP contribution in [0, 0.1) is 5.92 Å². The fourth-order valence-corrected chi connectivity index (χ4v) is 5.23. The molecule has 3 heterocycles. The molecule has 3 atom stereocenters. The minimum atomic E-state index is -3.13. The molecule has 5 nitrogen and oxygen atoms in total. The lowest BCUT2D eigenvalue weighted by Crippen LogP contribution is -2.42. The summed E-state index contributed by atoms with van der Waals surface area (Å²) in [6.45, 7) is 3.20. The second-order valence-corrected chi connectivity index (χ2v) is 7.26. The third-order valence-electron chi connectivity index (χ3n) is 4.17. The van der Waals surface area contributed by atoms with Crippen molar-refractivity contribution in [3.63, 3.8) is 0 Å². The lowest BCUT2D eigenvalue weighted by Gasteiger charge is -2.24. The van der Waals surface area contributed by atoms with Crippen LogP contribution >= 0.6 is 0 Å². The second-order valence-electron chi connectivity index (χ2n) is 5.30. The van der Waals surface area contributed by atoms with E-state index in [0.717, 1.165) is 32.4 Å². The van der Waals surface area contributed by atoms with E-state index >= 15 is 0 Å². The molecule has 0 aromatic rings. The lowest BCUT2D eigenvalue weighted by molar-refractivity contribution is 0.126. The van der Waals surface area contributed by atoms with Gasteiger partial charge in [0.1, 0.15) is 0 Å². The van der Waals surface area contributed by atoms with Crippen LogP contribution in [-0.4, -0.2) is 56.9 Å². The molecule has 1 unspecified atom stereocenters. The van der Waals surface area contributed by atoms with Gasteiger partial charge >= 0.3 is 0 Å². The van der Waals surface area contributed by atoms with Crippen LogP contribution in [0.2, 0.25) is 0 Å². The van der Waals surface area contributed by atoms with Crippen molar-refractivity contribution in [2.75, 3.05) is 32.0 Å². The molecule has 0 aromatic heterocycles. The predicted octanol–water partition coefficient (Wildman–Crippen LogP) is -0.211. The quantitative estimate of drug-likeness (QED) is 0.763. The van der Waals surface area contributed by atoms with E-state index in [9.17, 15) is 8.42 Å². The van der Waals surface area contributed by atoms with E-state index in [4.69, 9.17) is 4.74 Å². The van der Waals surface area contributed by atoms with Crippen LogP contribution in [0.1, 0.15) is 19.3 Å². The molecular formula is C11H20N2O3S. The van der Waals surface area contributed by atoms with Crippen LogP contribution < -0.4 is 5.32 Å². The molecule has 0 aliphatic carbocycles. The lowest BCUT2D eigenvalue weighted by atomic mass is 10.1. The number of sulfonamides is 1. The van der Waals surface area contributed by atoms with Crippen molar-refractivity contribution in [2.45, 2.75) is 31.4 Å². The maximum Gasteiger partial charge on any atom is 0.216 e. The van der Waals surface area contributed by atoms with Gasteiger partial charge in [0.25, 0.3) is 0 Å². The summed E-state index contributed by atoms with van der Waals surface area (Å²) in [6, 6.07) is 0.196. The minimum Gasteiger partial charge on any atom is -0.377 e. The monoisotopic (exact) mass is 260 g/mol. The fourth-order valence-electron chi connectivity index (χ4n) is 3.26. The molecule has 0 radical (unpaired) electrons. The Morgan fingerprint density at radius 2 is 2.18 bits per heavy atom. The third kappa shape index (κ3) is 2.23. The first-order chi connectivity index (χ1) is 8.17. The van der Waals surface area contributed by atoms with Gasteiger partial charge in [0.15, 0.2) is 0 Å². The molecule has 17 heavy (non-hydrogen) atoms. The second kappa shape index (κ2) is 4.50. The van der Waals surface area contributed by atoms with Crippen molar-refractivity contribution in [1.29, 1.82) is 0 Å². The molecule has 3 fully saturated rings. The van der Waals surface area contributed by atoms with Crippen LogP contribution in [0.4, 0.5) is 0 Å². The number of hydrogen-bond donors (Lipinski definition) is 1. The smallest absolute Gasteiger partial charge is 0.216 e. The molecule has 1 N–H and O–H groups in total. The third-order valence-corrected chi connectivity index (χ3v) is 6.13. The summed E-state index contributed by atoms with van der Waals surface area (Å²) in [6.07, 6.45) is 2.81. The van der Waals surface area contributed by atoms with Gasteiger partial charge in [0, 0.05) is 25.7 Å². The first kappa shape index (κ1) is 11.9. The maximum atomic E-state index is 12.3. The molecule has 0 amide bonds. The van der Waals surface area contributed by atoms with Gasteiger partial charge in [-0.3, -0.25) is 0 Å². The molecule has 98 valence electrons. The summed E-state index contributed by atoms with van der Waals surface area (Å²) in [7, 11) is -3.13. The molecule has 3 saturated heterocycles. The topological polar surface area (TPSA) is 58.6 Å². The summed E-state index contributed by atoms with van der Waals surface area (Å²) < 4.78 is 31.9. The number of rotatable bonds is 3. The largest absolute Gasteiger partial charge is 0.377 e. The average molecular weight is 260 g/mol. The Balaban J connectivity index is 1.69. The van der Waals surface area contributed by atoms with E-state index in [-0.39, 0.29) is 17.9 Å². The Bertz CT molecular complexity index is 378. The summed E-state index contributed by atoms with van der Waals surface area (Å²) in [5.41, 5.74) is 0. The van der Waals surface area contributed by atoms with Gasteiger partial charge in [0.2, 0.25) is 10.0 Å². The molecular weight excluding hydrogens is 240 g/mol. The molecule has 3 aliphatic rings. The zero-order valence-electron chi connectivity index (χ0n) is 9.97. The van der Waals surface area contributed by atoms with Gasteiger partial charge in [-0.2, -0.15) is 4.31 Å². The number of hydrogen-bond acceptors (Lipinski definition) is 4. The molecule has 0 bridgehead atoms. The van der Waals surface area contributed by atoms with Gasteiger partial charge in [-0.25, -0.2) is 8.42 Å². The Hall–Kier alpha value is -0.170. The number of ether oxygens (including phenoxy) is 1. The Morgan fingerprint density at radius 1 is 1.29 bits per heavy atom. The van der Waals surface area contributed by atoms with E-state index in [1.54, 1.807) is 4.31 Å². The zero-order valence-corrected chi connectivity index (χ0v) is 10.8. The van der Waals surface area contributed by atoms with E-state index < -0.39 is 10.0 Å². The van der Waals surface area contributed by atoms with Crippen molar-refractivity contribution < 1.29 is 13.2 Å². The van der Waals surface area contributed by atoms with E-state index in [1.165, 1.54) is 0 Å². The number of fused-ring (bicyclic) bond motifs is 1. The highest BCUT2D eigenvalue weighted by molar-refractivity contribution is 7.89. The first-order valence-corrected chi connectivity index (χ1v) is 8.09. The summed E-state index contributed by atoms with van der Waals surface area (Å²) in [4.78, 5) is 0. The predicted molar refractivity (Wildman–Crippen MR) is 64.2 cm³/mol. The van der Waals surface area contributed by atoms with Gasteiger partial charge in [-0.05, 0) is 31.7 Å². The number of nitrogens with zero attached hydrogens (tertiary/aromatic N) is 1. The Labute approximate surface area is 103 Å². The minimum absolute atomic E-state index is 0.0755. The van der Waals surface area contributed by atoms with Crippen LogP contribution in [0.5, 0.6) is 0 Å². The van der Waals surface area contributed by atoms with E-state index in [1.807, 2.05) is 0 Å². The Morgan fingerprint density at radius 3 is 2.94 bits per heavy atom. The molecule has 6 heteroatoms. The van der Waals surface area contributed by atoms with Crippen LogP contribution in [0.25, 0.3) is 0 Å². The summed E-state index contributed by atoms with van der Waals surface area (Å²) >= 11 is 0. The highest BCUT2D eigenvalue weighted by Gasteiger charge is 2.43. The normalized spacial score (nSPS) is 38.7. The van der Waals surface area contributed by atoms with Crippen LogP contribution in [-0.2, 0) is 14.8 Å². The Kier molecular flexibility index (Phi) is 3.15. The first-order valence-electron chi connectivity index (χ1n) is 6.49. The van der Waals surface area contributed by atoms with Crippen molar-refractivity contribution in [3.8, 4) is 0 Å². The van der Waals surface area contributed by atoms with Crippen molar-refractivity contribution in [1.82, 2.24) is 9.62 Å². The number of nitrogens with one attached hydrogen (secondary N) is 1. The fraction of sp³-hybridized carbons (Fsp3) is 1.00. The van der Waals surface area contributed by atoms with Crippen LogP contribution in [0.3, 0.4) is 0 Å². The SMILES string of the molecule is O=S(=O)(CC1CCCO1)N1CC[C@H]2CNC[C@H]21. The molecule has 3 rings (SSSR count). The molecule has 0 saturated carbocycles. The molecule has 0 aromatic carbocycles. The zero-order chi connectivity index (χ0) is 11.9. The van der Waals surface area contributed by atoms with Gasteiger partial charge < -0.3 is 10.1 Å². The van der Waals surface area contributed by atoms with E-state index in [2.05, 4.69) is 5.32 Å². The van der Waals surface area contributed by atoms with Gasteiger partial charge in [-0.1, -0.05) is 0 Å². The highest BCUT2D eigenvalue weighted by Crippen LogP contribution is 2.30. The average Bonchev–Trinajstić information content (AvgIpc) is 2.89. The van der Waals surface area contributed by atoms with Crippen LogP contribution in [0.15, 0.2) is 0 Å². The maximum absolute atomic E-state index is 12.3. The molecule has 3 aliphatic heterocycles. The molecule has 0 spiro atoms. The summed E-state index contributed by atoms with van der Waals surface area (Å²) in [5, 5.41) is 3.28. The van der Waals surface area contributed by atoms with Crippen molar-refractivity contribution >= 4 is 10.0 Å². The van der Waals surface area contributed by atoms with E-state index in [0.29, 0.717) is 19.1 Å². The highest BCUT2D eigenvalue weighted by atomic mass is 32.2. The van der Waals surface area contributed by atoms with Crippen molar-refractivity contribution in [2.24, 2.45) is 5.92 Å². The standard InChI is InChI=1S/C11H20N2O3S/c14-17(15,8-10-2-1-5-16-10)13-4-3-9-6-12-7-11(9)13/h9-12H,1-8H2/t9-,10?,11+/m0/s1. The van der Waals surface area contributed by atoms with Gasteiger partial charge in [0.05, 0.1) is 11.9 Å². The summed E-state index contributed by atoms with van der Waals surface area (Å²) in [5.74, 6) is 0.699.